The SMILES string of the molecule is C=CS(=O)(=O)c1ccc(N=Nc2c(S(=O)(=O)O)cc3c(N=Nc4ccc(S(=O)(=O)C=C)cc4S(=O)(=O)O)c(NCS(=O)(=O)O)ccc3c2O)cc1. The molecule has 0 aromatic heterocycles. The van der Waals surface area contributed by atoms with Crippen LogP contribution >= 0.6 is 0 Å². The molecule has 0 saturated heterocycles. The topological polar surface area (TPSA) is 313 Å². The Morgan fingerprint density at radius 1 is 0.608 bits per heavy atom. The molecule has 5 N–H and O–H groups in total. The van der Waals surface area contributed by atoms with Crippen molar-refractivity contribution in [3.63, 3.8) is 0 Å². The number of hydrogen-bond donors (Lipinski definition) is 5. The quantitative estimate of drug-likeness (QED) is 0.0881. The number of rotatable bonds is 13. The van der Waals surface area contributed by atoms with Crippen LogP contribution in [-0.2, 0) is 50.0 Å². The molecule has 4 aromatic rings. The maximum atomic E-state index is 12.5. The first-order valence-electron chi connectivity index (χ1n) is 13.3. The van der Waals surface area contributed by atoms with Crippen molar-refractivity contribution in [2.24, 2.45) is 20.5 Å². The molecule has 0 aliphatic rings. The first kappa shape index (κ1) is 38.8. The Morgan fingerprint density at radius 2 is 1.16 bits per heavy atom. The fourth-order valence-corrected chi connectivity index (χ4v) is 7.33. The second kappa shape index (κ2) is 14.0. The van der Waals surface area contributed by atoms with E-state index in [1.165, 1.54) is 12.1 Å². The van der Waals surface area contributed by atoms with Crippen LogP contribution in [0.25, 0.3) is 10.8 Å². The highest BCUT2D eigenvalue weighted by atomic mass is 32.2. The number of nitrogens with zero attached hydrogens (tertiary/aromatic N) is 4. The van der Waals surface area contributed by atoms with Gasteiger partial charge in [0.15, 0.2) is 25.4 Å². The normalized spacial score (nSPS) is 13.2. The molecule has 0 bridgehead atoms. The maximum absolute atomic E-state index is 12.5. The molecule has 0 aliphatic carbocycles. The Bertz CT molecular complexity index is 2730. The Morgan fingerprint density at radius 3 is 1.71 bits per heavy atom. The molecule has 0 saturated carbocycles. The highest BCUT2D eigenvalue weighted by Gasteiger charge is 2.25. The molecule has 4 aromatic carbocycles. The zero-order valence-electron chi connectivity index (χ0n) is 25.3. The standard InChI is InChI=1S/C27H23N5O14S5/c1-3-47(34,35)17-7-5-16(6-8-17)29-32-26-24(51(44,45)46)14-20-19(27(26)33)10-12-22(28-15-49(38,39)40)25(20)31-30-21-11-9-18(48(36,37)4-2)13-23(21)50(41,42)43/h3-14,28,33H,1-2,15H2,(H,38,39,40)(H,41,42,43)(H,44,45,46). The molecule has 0 spiro atoms. The second-order valence-corrected chi connectivity index (χ2v) is 18.0. The number of sulfone groups is 2. The van der Waals surface area contributed by atoms with Gasteiger partial charge in [-0.1, -0.05) is 13.2 Å². The third kappa shape index (κ3) is 8.86. The number of nitrogens with one attached hydrogen (secondary N) is 1. The van der Waals surface area contributed by atoms with Gasteiger partial charge in [-0.2, -0.15) is 30.4 Å². The number of azo groups is 2. The van der Waals surface area contributed by atoms with Crippen LogP contribution in [-0.4, -0.2) is 66.7 Å². The van der Waals surface area contributed by atoms with E-state index in [-0.39, 0.29) is 21.7 Å². The van der Waals surface area contributed by atoms with Gasteiger partial charge in [0.2, 0.25) is 0 Å². The van der Waals surface area contributed by atoms with Gasteiger partial charge in [0, 0.05) is 21.6 Å². The number of phenols is 1. The summed E-state index contributed by atoms with van der Waals surface area (Å²) in [5, 5.41) is 29.1. The number of phenolic OH excluding ortho intramolecular Hbond substituents is 1. The van der Waals surface area contributed by atoms with Crippen molar-refractivity contribution in [2.45, 2.75) is 19.6 Å². The van der Waals surface area contributed by atoms with Gasteiger partial charge in [0.25, 0.3) is 30.4 Å². The highest BCUT2D eigenvalue weighted by molar-refractivity contribution is 7.94. The van der Waals surface area contributed by atoms with Gasteiger partial charge in [0.05, 0.1) is 21.2 Å². The smallest absolute Gasteiger partial charge is 0.296 e. The van der Waals surface area contributed by atoms with Crippen molar-refractivity contribution in [2.75, 3.05) is 11.2 Å². The van der Waals surface area contributed by atoms with Crippen LogP contribution in [0.5, 0.6) is 5.75 Å². The molecule has 51 heavy (non-hydrogen) atoms. The van der Waals surface area contributed by atoms with Gasteiger partial charge in [-0.3, -0.25) is 13.7 Å². The van der Waals surface area contributed by atoms with E-state index in [4.69, 9.17) is 0 Å². The number of fused-ring (bicyclic) bond motifs is 1. The van der Waals surface area contributed by atoms with Crippen molar-refractivity contribution in [1.29, 1.82) is 0 Å². The van der Waals surface area contributed by atoms with Crippen LogP contribution in [0.15, 0.2) is 125 Å². The van der Waals surface area contributed by atoms with Gasteiger partial charge < -0.3 is 10.4 Å². The summed E-state index contributed by atoms with van der Waals surface area (Å²) in [6, 6.07) is 9.86. The van der Waals surface area contributed by atoms with Crippen molar-refractivity contribution in [1.82, 2.24) is 0 Å². The van der Waals surface area contributed by atoms with E-state index < -0.39 is 98.8 Å². The lowest BCUT2D eigenvalue weighted by Gasteiger charge is -2.14. The first-order chi connectivity index (χ1) is 23.5. The van der Waals surface area contributed by atoms with Gasteiger partial charge >= 0.3 is 0 Å². The van der Waals surface area contributed by atoms with Crippen molar-refractivity contribution in [3.8, 4) is 5.75 Å². The summed E-state index contributed by atoms with van der Waals surface area (Å²) in [5.41, 5.74) is -2.38. The minimum Gasteiger partial charge on any atom is -0.505 e. The third-order valence-corrected chi connectivity index (χ3v) is 11.6. The monoisotopic (exact) mass is 801 g/mol. The highest BCUT2D eigenvalue weighted by Crippen LogP contribution is 2.46. The van der Waals surface area contributed by atoms with Crippen molar-refractivity contribution < 1.29 is 60.9 Å². The van der Waals surface area contributed by atoms with E-state index in [9.17, 15) is 60.9 Å². The largest absolute Gasteiger partial charge is 0.505 e. The Hall–Kier alpha value is -4.95. The number of anilines is 1. The molecule has 4 rings (SSSR count). The molecular weight excluding hydrogens is 779 g/mol. The molecule has 270 valence electrons. The van der Waals surface area contributed by atoms with E-state index in [0.29, 0.717) is 16.9 Å². The van der Waals surface area contributed by atoms with Crippen LogP contribution in [0, 0.1) is 0 Å². The average Bonchev–Trinajstić information content (AvgIpc) is 3.04. The van der Waals surface area contributed by atoms with E-state index in [0.717, 1.165) is 42.5 Å². The number of aromatic hydroxyl groups is 1. The summed E-state index contributed by atoms with van der Waals surface area (Å²) in [5.74, 6) is -2.09. The predicted molar refractivity (Wildman–Crippen MR) is 181 cm³/mol. The van der Waals surface area contributed by atoms with E-state index in [1.807, 2.05) is 0 Å². The van der Waals surface area contributed by atoms with Crippen LogP contribution in [0.2, 0.25) is 0 Å². The van der Waals surface area contributed by atoms with Gasteiger partial charge in [0.1, 0.15) is 32.7 Å². The second-order valence-electron chi connectivity index (χ2n) is 9.93. The van der Waals surface area contributed by atoms with E-state index in [1.54, 1.807) is 0 Å². The summed E-state index contributed by atoms with van der Waals surface area (Å²) in [6.45, 7) is 6.34. The van der Waals surface area contributed by atoms with Gasteiger partial charge in [-0.25, -0.2) is 16.8 Å². The first-order valence-corrected chi connectivity index (χ1v) is 20.9. The minimum atomic E-state index is -5.27. The zero-order chi connectivity index (χ0) is 38.2. The van der Waals surface area contributed by atoms with Crippen LogP contribution < -0.4 is 5.32 Å². The average molecular weight is 802 g/mol. The summed E-state index contributed by atoms with van der Waals surface area (Å²) in [7, 11) is -23.2. The van der Waals surface area contributed by atoms with Crippen molar-refractivity contribution >= 4 is 89.2 Å². The molecule has 0 amide bonds. The van der Waals surface area contributed by atoms with Gasteiger partial charge in [-0.05, 0) is 60.7 Å². The molecule has 0 aliphatic heterocycles. The maximum Gasteiger partial charge on any atom is 0.296 e. The number of hydrogen-bond acceptors (Lipinski definition) is 16. The minimum absolute atomic E-state index is 0.0282. The van der Waals surface area contributed by atoms with Crippen LogP contribution in [0.3, 0.4) is 0 Å². The summed E-state index contributed by atoms with van der Waals surface area (Å²) >= 11 is 0. The lowest BCUT2D eigenvalue weighted by molar-refractivity contribution is 0.472. The van der Waals surface area contributed by atoms with E-state index in [2.05, 4.69) is 38.9 Å². The molecular formula is C27H23N5O14S5. The Kier molecular flexibility index (Phi) is 10.7. The van der Waals surface area contributed by atoms with Crippen LogP contribution in [0.1, 0.15) is 0 Å². The fourth-order valence-electron chi connectivity index (χ4n) is 4.18. The summed E-state index contributed by atoms with van der Waals surface area (Å²) < 4.78 is 150. The lowest BCUT2D eigenvalue weighted by atomic mass is 10.1. The van der Waals surface area contributed by atoms with Gasteiger partial charge in [-0.15, -0.1) is 15.3 Å². The molecule has 24 heteroatoms. The van der Waals surface area contributed by atoms with E-state index >= 15 is 0 Å². The molecule has 0 atom stereocenters. The molecule has 0 heterocycles. The Labute approximate surface area is 290 Å². The molecule has 0 radical (unpaired) electrons. The fraction of sp³-hybridized carbons (Fsp3) is 0.0370. The molecule has 0 fully saturated rings. The van der Waals surface area contributed by atoms with Crippen molar-refractivity contribution in [3.05, 3.63) is 84.6 Å². The summed E-state index contributed by atoms with van der Waals surface area (Å²) in [4.78, 5) is -2.89. The molecule has 0 unspecified atom stereocenters. The number of benzene rings is 4. The van der Waals surface area contributed by atoms with Crippen LogP contribution in [0.4, 0.5) is 28.4 Å². The Balaban J connectivity index is 1.99. The predicted octanol–water partition coefficient (Wildman–Crippen LogP) is 4.96. The molecule has 19 nitrogen and oxygen atoms in total. The lowest BCUT2D eigenvalue weighted by Crippen LogP contribution is -2.13. The summed E-state index contributed by atoms with van der Waals surface area (Å²) in [6.07, 6.45) is 0. The zero-order valence-corrected chi connectivity index (χ0v) is 29.3. The third-order valence-electron chi connectivity index (χ3n) is 6.59.